The summed E-state index contributed by atoms with van der Waals surface area (Å²) in [5.41, 5.74) is 1.06. The van der Waals surface area contributed by atoms with E-state index in [1.54, 1.807) is 24.8 Å². The van der Waals surface area contributed by atoms with Gasteiger partial charge in [0.15, 0.2) is 5.44 Å². The number of aromatic nitrogens is 1. The van der Waals surface area contributed by atoms with Crippen molar-refractivity contribution in [3.8, 4) is 16.9 Å². The molecule has 3 rings (SSSR count). The van der Waals surface area contributed by atoms with E-state index < -0.39 is 23.7 Å². The number of hydrogen-bond acceptors (Lipinski definition) is 7. The van der Waals surface area contributed by atoms with Crippen LogP contribution >= 0.6 is 11.8 Å². The molecule has 0 unspecified atom stereocenters. The van der Waals surface area contributed by atoms with E-state index in [1.807, 2.05) is 6.07 Å². The van der Waals surface area contributed by atoms with Gasteiger partial charge in [-0.2, -0.15) is 0 Å². The minimum atomic E-state index is -1.21. The molecule has 3 heterocycles. The molecule has 1 saturated heterocycles. The molecule has 0 saturated carbocycles. The van der Waals surface area contributed by atoms with Crippen molar-refractivity contribution < 1.29 is 24.5 Å². The topological polar surface area (TPSA) is 96.0 Å². The van der Waals surface area contributed by atoms with Crippen LogP contribution in [-0.4, -0.2) is 49.8 Å². The standard InChI is InChI=1S/C14H15NO5S/c16-11-7-21-14(13(18)12(11)17)20-10-3-9(4-15-5-10)8-1-2-19-6-8/h1-6,11-14,16-18H,7H2/t11-,12+,13-,14+/m1/s1. The molecule has 1 aliphatic rings. The van der Waals surface area contributed by atoms with E-state index in [2.05, 4.69) is 4.98 Å². The number of furan rings is 1. The van der Waals surface area contributed by atoms with Gasteiger partial charge in [0.2, 0.25) is 0 Å². The Bertz CT molecular complexity index is 591. The van der Waals surface area contributed by atoms with Gasteiger partial charge < -0.3 is 24.5 Å². The van der Waals surface area contributed by atoms with Crippen LogP contribution in [0.15, 0.2) is 41.5 Å². The molecule has 0 aromatic carbocycles. The highest BCUT2D eigenvalue weighted by molar-refractivity contribution is 7.99. The average molecular weight is 309 g/mol. The molecule has 1 fully saturated rings. The molecule has 2 aromatic heterocycles. The minimum Gasteiger partial charge on any atom is -0.475 e. The lowest BCUT2D eigenvalue weighted by atomic mass is 10.1. The predicted octanol–water partition coefficient (Wildman–Crippen LogP) is 0.876. The summed E-state index contributed by atoms with van der Waals surface area (Å²) in [5.74, 6) is 0.784. The van der Waals surface area contributed by atoms with Crippen molar-refractivity contribution in [2.24, 2.45) is 0 Å². The number of ether oxygens (including phenoxy) is 1. The zero-order valence-electron chi connectivity index (χ0n) is 11.0. The van der Waals surface area contributed by atoms with Crippen molar-refractivity contribution in [2.45, 2.75) is 23.7 Å². The molecular formula is C14H15NO5S. The first-order chi connectivity index (χ1) is 10.1. The van der Waals surface area contributed by atoms with Crippen LogP contribution in [0.25, 0.3) is 11.1 Å². The number of aliphatic hydroxyl groups is 3. The maximum atomic E-state index is 9.93. The molecule has 0 amide bonds. The Balaban J connectivity index is 1.75. The molecule has 6 nitrogen and oxygen atoms in total. The van der Waals surface area contributed by atoms with Crippen LogP contribution in [0.1, 0.15) is 0 Å². The van der Waals surface area contributed by atoms with Crippen molar-refractivity contribution in [1.82, 2.24) is 4.98 Å². The van der Waals surface area contributed by atoms with Crippen LogP contribution in [-0.2, 0) is 0 Å². The van der Waals surface area contributed by atoms with Crippen LogP contribution in [0.3, 0.4) is 0 Å². The molecule has 7 heteroatoms. The molecule has 4 atom stereocenters. The van der Waals surface area contributed by atoms with Crippen molar-refractivity contribution in [3.63, 3.8) is 0 Å². The van der Waals surface area contributed by atoms with E-state index >= 15 is 0 Å². The molecule has 2 aromatic rings. The van der Waals surface area contributed by atoms with Crippen LogP contribution in [0.4, 0.5) is 0 Å². The Morgan fingerprint density at radius 1 is 1.19 bits per heavy atom. The summed E-state index contributed by atoms with van der Waals surface area (Å²) in [7, 11) is 0. The molecule has 0 spiro atoms. The largest absolute Gasteiger partial charge is 0.475 e. The molecule has 112 valence electrons. The van der Waals surface area contributed by atoms with Gasteiger partial charge in [0.25, 0.3) is 0 Å². The van der Waals surface area contributed by atoms with E-state index in [9.17, 15) is 15.3 Å². The second-order valence-corrected chi connectivity index (χ2v) is 5.92. The summed E-state index contributed by atoms with van der Waals surface area (Å²) in [6.45, 7) is 0. The van der Waals surface area contributed by atoms with E-state index in [0.717, 1.165) is 11.1 Å². The third kappa shape index (κ3) is 3.06. The van der Waals surface area contributed by atoms with E-state index in [0.29, 0.717) is 11.5 Å². The monoisotopic (exact) mass is 309 g/mol. The summed E-state index contributed by atoms with van der Waals surface area (Å²) >= 11 is 1.25. The third-order valence-electron chi connectivity index (χ3n) is 3.27. The highest BCUT2D eigenvalue weighted by atomic mass is 32.2. The lowest BCUT2D eigenvalue weighted by Gasteiger charge is -2.34. The number of nitrogens with zero attached hydrogens (tertiary/aromatic N) is 1. The SMILES string of the molecule is O[C@@H]1[C@@H](O)[C@@H](Oc2cncc(-c3ccoc3)c2)SC[C@H]1O. The zero-order chi connectivity index (χ0) is 14.8. The van der Waals surface area contributed by atoms with Gasteiger partial charge >= 0.3 is 0 Å². The van der Waals surface area contributed by atoms with E-state index in [1.165, 1.54) is 18.0 Å². The Morgan fingerprint density at radius 2 is 2.05 bits per heavy atom. The summed E-state index contributed by atoms with van der Waals surface area (Å²) in [4.78, 5) is 4.10. The lowest BCUT2D eigenvalue weighted by Crippen LogP contribution is -2.50. The Labute approximate surface area is 125 Å². The van der Waals surface area contributed by atoms with Crippen LogP contribution in [0, 0.1) is 0 Å². The first kappa shape index (κ1) is 14.4. The van der Waals surface area contributed by atoms with Gasteiger partial charge in [-0.25, -0.2) is 0 Å². The second-order valence-electron chi connectivity index (χ2n) is 4.79. The highest BCUT2D eigenvalue weighted by Crippen LogP contribution is 2.30. The smallest absolute Gasteiger partial charge is 0.173 e. The average Bonchev–Trinajstić information content (AvgIpc) is 3.03. The summed E-state index contributed by atoms with van der Waals surface area (Å²) < 4.78 is 10.7. The Morgan fingerprint density at radius 3 is 2.81 bits per heavy atom. The number of hydrogen-bond donors (Lipinski definition) is 3. The van der Waals surface area contributed by atoms with Gasteiger partial charge in [0, 0.05) is 23.1 Å². The predicted molar refractivity (Wildman–Crippen MR) is 76.8 cm³/mol. The fourth-order valence-electron chi connectivity index (χ4n) is 2.09. The van der Waals surface area contributed by atoms with Gasteiger partial charge in [-0.05, 0) is 12.1 Å². The van der Waals surface area contributed by atoms with Gasteiger partial charge in [0.05, 0.1) is 24.8 Å². The fourth-order valence-corrected chi connectivity index (χ4v) is 3.21. The van der Waals surface area contributed by atoms with Gasteiger partial charge in [-0.1, -0.05) is 0 Å². The fraction of sp³-hybridized carbons (Fsp3) is 0.357. The number of pyridine rings is 1. The van der Waals surface area contributed by atoms with Gasteiger partial charge in [0.1, 0.15) is 18.0 Å². The number of rotatable bonds is 3. The molecule has 0 radical (unpaired) electrons. The van der Waals surface area contributed by atoms with E-state index in [4.69, 9.17) is 9.15 Å². The maximum Gasteiger partial charge on any atom is 0.173 e. The molecule has 21 heavy (non-hydrogen) atoms. The molecular weight excluding hydrogens is 294 g/mol. The second kappa shape index (κ2) is 6.07. The number of thioether (sulfide) groups is 1. The molecule has 3 N–H and O–H groups in total. The molecule has 1 aliphatic heterocycles. The highest BCUT2D eigenvalue weighted by Gasteiger charge is 2.38. The number of aliphatic hydroxyl groups excluding tert-OH is 3. The van der Waals surface area contributed by atoms with Gasteiger partial charge in [-0.15, -0.1) is 11.8 Å². The van der Waals surface area contributed by atoms with Crippen LogP contribution in [0.2, 0.25) is 0 Å². The first-order valence-electron chi connectivity index (χ1n) is 6.45. The van der Waals surface area contributed by atoms with Crippen molar-refractivity contribution >= 4 is 11.8 Å². The van der Waals surface area contributed by atoms with E-state index in [-0.39, 0.29) is 0 Å². The van der Waals surface area contributed by atoms with Crippen molar-refractivity contribution in [1.29, 1.82) is 0 Å². The van der Waals surface area contributed by atoms with Crippen molar-refractivity contribution in [2.75, 3.05) is 5.75 Å². The lowest BCUT2D eigenvalue weighted by molar-refractivity contribution is -0.0786. The quantitative estimate of drug-likeness (QED) is 0.774. The zero-order valence-corrected chi connectivity index (χ0v) is 11.8. The van der Waals surface area contributed by atoms with Crippen molar-refractivity contribution in [3.05, 3.63) is 37.1 Å². The van der Waals surface area contributed by atoms with Gasteiger partial charge in [-0.3, -0.25) is 4.98 Å². The van der Waals surface area contributed by atoms with Crippen LogP contribution in [0.5, 0.6) is 5.75 Å². The van der Waals surface area contributed by atoms with Crippen LogP contribution < -0.4 is 4.74 Å². The third-order valence-corrected chi connectivity index (χ3v) is 4.51. The summed E-state index contributed by atoms with van der Waals surface area (Å²) in [6, 6.07) is 3.59. The normalized spacial score (nSPS) is 29.3. The Hall–Kier alpha value is -1.54. The molecule has 0 aliphatic carbocycles. The first-order valence-corrected chi connectivity index (χ1v) is 7.50. The molecule has 0 bridgehead atoms. The Kier molecular flexibility index (Phi) is 4.16. The summed E-state index contributed by atoms with van der Waals surface area (Å²) in [6.07, 6.45) is 3.08. The summed E-state index contributed by atoms with van der Waals surface area (Å²) in [5, 5.41) is 29.1. The maximum absolute atomic E-state index is 9.93. The minimum absolute atomic E-state index is 0.303.